The number of nitrogens with two attached hydrogens (primary N) is 1. The van der Waals surface area contributed by atoms with Gasteiger partial charge in [-0.15, -0.1) is 0 Å². The van der Waals surface area contributed by atoms with E-state index in [1.54, 1.807) is 36.9 Å². The Balaban J connectivity index is 2.43. The minimum absolute atomic E-state index is 0.442. The Morgan fingerprint density at radius 2 is 2.00 bits per heavy atom. The fraction of sp³-hybridized carbons (Fsp3) is 0.214. The van der Waals surface area contributed by atoms with Crippen LogP contribution in [0.1, 0.15) is 5.69 Å². The molecule has 0 amide bonds. The highest BCUT2D eigenvalue weighted by Crippen LogP contribution is 2.25. The molecule has 1 unspecified atom stereocenters. The first-order valence-corrected chi connectivity index (χ1v) is 7.99. The Kier molecular flexibility index (Phi) is 4.15. The predicted molar refractivity (Wildman–Crippen MR) is 89.2 cm³/mol. The van der Waals surface area contributed by atoms with Gasteiger partial charge in [-0.2, -0.15) is 0 Å². The Labute approximate surface area is 125 Å². The summed E-state index contributed by atoms with van der Waals surface area (Å²) >= 11 is 0. The van der Waals surface area contributed by atoms with Gasteiger partial charge in [0, 0.05) is 32.1 Å². The number of nitrogen functional groups attached to an aromatic ring is 1. The maximum Gasteiger partial charge on any atom is 0.123 e. The summed E-state index contributed by atoms with van der Waals surface area (Å²) in [7, 11) is 0.839. The first-order chi connectivity index (χ1) is 9.79. The third-order valence-electron chi connectivity index (χ3n) is 3.06. The number of pyridine rings is 2. The number of hydrogen-bond acceptors (Lipinski definition) is 4. The van der Waals surface area contributed by atoms with Crippen molar-refractivity contribution in [2.24, 2.45) is 0 Å². The predicted octanol–water partition coefficient (Wildman–Crippen LogP) is 1.55. The summed E-state index contributed by atoms with van der Waals surface area (Å²) in [6.07, 6.45) is 3.39. The van der Waals surface area contributed by atoms with Crippen molar-refractivity contribution in [3.05, 3.63) is 36.3 Å². The molecule has 3 N–H and O–H groups in total. The van der Waals surface area contributed by atoms with Gasteiger partial charge in [0.2, 0.25) is 0 Å². The zero-order valence-electron chi connectivity index (χ0n) is 12.3. The van der Waals surface area contributed by atoms with Crippen molar-refractivity contribution in [1.29, 1.82) is 0 Å². The summed E-state index contributed by atoms with van der Waals surface area (Å²) in [5.41, 5.74) is 8.89. The summed E-state index contributed by atoms with van der Waals surface area (Å²) in [6.45, 7) is 1.85. The molecular formula is C14H19N5OS. The molecule has 2 heterocycles. The van der Waals surface area contributed by atoms with Crippen molar-refractivity contribution in [2.45, 2.75) is 6.92 Å². The largest absolute Gasteiger partial charge is 0.384 e. The van der Waals surface area contributed by atoms with Crippen LogP contribution in [-0.4, -0.2) is 38.4 Å². The van der Waals surface area contributed by atoms with Gasteiger partial charge in [0.1, 0.15) is 15.7 Å². The molecular weight excluding hydrogens is 286 g/mol. The fourth-order valence-electron chi connectivity index (χ4n) is 1.69. The number of nitrogens with one attached hydrogen (secondary N) is 1. The molecule has 112 valence electrons. The van der Waals surface area contributed by atoms with Gasteiger partial charge in [-0.05, 0) is 36.6 Å². The molecule has 2 rings (SSSR count). The first kappa shape index (κ1) is 15.3. The van der Waals surface area contributed by atoms with Gasteiger partial charge in [0.25, 0.3) is 0 Å². The SMILES string of the molecule is C=S(=O)(Nc1cc(-c2ccnc(N)c2)cnc1C)N(C)C. The maximum absolute atomic E-state index is 12.4. The van der Waals surface area contributed by atoms with Gasteiger partial charge in [-0.25, -0.2) is 13.5 Å². The third-order valence-corrected chi connectivity index (χ3v) is 4.78. The summed E-state index contributed by atoms with van der Waals surface area (Å²) in [5.74, 6) is 4.15. The van der Waals surface area contributed by atoms with E-state index in [1.807, 2.05) is 19.1 Å². The van der Waals surface area contributed by atoms with Gasteiger partial charge in [-0.3, -0.25) is 9.71 Å². The van der Waals surface area contributed by atoms with Crippen LogP contribution in [0.3, 0.4) is 0 Å². The van der Waals surface area contributed by atoms with Crippen LogP contribution in [-0.2, 0) is 9.89 Å². The van der Waals surface area contributed by atoms with E-state index in [2.05, 4.69) is 20.6 Å². The third kappa shape index (κ3) is 3.50. The number of aryl methyl sites for hydroxylation is 1. The molecule has 0 bridgehead atoms. The van der Waals surface area contributed by atoms with E-state index in [9.17, 15) is 4.21 Å². The van der Waals surface area contributed by atoms with E-state index in [-0.39, 0.29) is 0 Å². The van der Waals surface area contributed by atoms with Crippen LogP contribution in [0.2, 0.25) is 0 Å². The number of aromatic nitrogens is 2. The van der Waals surface area contributed by atoms with Crippen LogP contribution in [0.25, 0.3) is 11.1 Å². The lowest BCUT2D eigenvalue weighted by Crippen LogP contribution is -2.29. The number of nitrogens with zero attached hydrogens (tertiary/aromatic N) is 3. The average molecular weight is 305 g/mol. The van der Waals surface area contributed by atoms with Crippen molar-refractivity contribution in [3.8, 4) is 11.1 Å². The monoisotopic (exact) mass is 305 g/mol. The summed E-state index contributed by atoms with van der Waals surface area (Å²) in [6, 6.07) is 5.49. The average Bonchev–Trinajstić information content (AvgIpc) is 2.41. The fourth-order valence-corrected chi connectivity index (χ4v) is 2.42. The molecule has 0 spiro atoms. The Morgan fingerprint density at radius 3 is 2.62 bits per heavy atom. The lowest BCUT2D eigenvalue weighted by Gasteiger charge is -2.20. The second-order valence-electron chi connectivity index (χ2n) is 4.88. The normalized spacial score (nSPS) is 13.9. The van der Waals surface area contributed by atoms with Crippen molar-refractivity contribution < 1.29 is 4.21 Å². The molecule has 0 saturated heterocycles. The van der Waals surface area contributed by atoms with Crippen LogP contribution in [0.5, 0.6) is 0 Å². The van der Waals surface area contributed by atoms with Crippen LogP contribution >= 0.6 is 0 Å². The van der Waals surface area contributed by atoms with Crippen LogP contribution in [0.15, 0.2) is 30.6 Å². The molecule has 2 aromatic heterocycles. The molecule has 21 heavy (non-hydrogen) atoms. The molecule has 0 radical (unpaired) electrons. The highest BCUT2D eigenvalue weighted by Gasteiger charge is 2.10. The van der Waals surface area contributed by atoms with E-state index in [0.717, 1.165) is 16.8 Å². The topological polar surface area (TPSA) is 84.1 Å². The van der Waals surface area contributed by atoms with Gasteiger partial charge < -0.3 is 5.73 Å². The lowest BCUT2D eigenvalue weighted by molar-refractivity contribution is 0.604. The molecule has 0 aliphatic heterocycles. The number of rotatable bonds is 4. The van der Waals surface area contributed by atoms with Gasteiger partial charge >= 0.3 is 0 Å². The molecule has 0 aliphatic carbocycles. The molecule has 7 heteroatoms. The summed E-state index contributed by atoms with van der Waals surface area (Å²) in [4.78, 5) is 8.30. The molecule has 0 saturated carbocycles. The first-order valence-electron chi connectivity index (χ1n) is 6.30. The molecule has 6 nitrogen and oxygen atoms in total. The van der Waals surface area contributed by atoms with Crippen LogP contribution in [0, 0.1) is 6.92 Å². The Hall–Kier alpha value is -2.12. The van der Waals surface area contributed by atoms with Crippen molar-refractivity contribution >= 4 is 27.3 Å². The second-order valence-corrected chi connectivity index (χ2v) is 7.10. The van der Waals surface area contributed by atoms with E-state index in [0.29, 0.717) is 11.5 Å². The molecule has 2 aromatic rings. The number of anilines is 2. The zero-order valence-corrected chi connectivity index (χ0v) is 13.1. The summed E-state index contributed by atoms with van der Waals surface area (Å²) in [5, 5.41) is 0. The van der Waals surface area contributed by atoms with E-state index >= 15 is 0 Å². The summed E-state index contributed by atoms with van der Waals surface area (Å²) < 4.78 is 16.8. The second kappa shape index (κ2) is 5.71. The molecule has 0 aromatic carbocycles. The van der Waals surface area contributed by atoms with E-state index < -0.39 is 9.89 Å². The molecule has 0 aliphatic rings. The van der Waals surface area contributed by atoms with Gasteiger partial charge in [-0.1, -0.05) is 0 Å². The van der Waals surface area contributed by atoms with Crippen molar-refractivity contribution in [2.75, 3.05) is 24.6 Å². The van der Waals surface area contributed by atoms with Crippen molar-refractivity contribution in [3.63, 3.8) is 0 Å². The lowest BCUT2D eigenvalue weighted by atomic mass is 10.1. The van der Waals surface area contributed by atoms with Crippen LogP contribution in [0.4, 0.5) is 11.5 Å². The maximum atomic E-state index is 12.4. The molecule has 1 atom stereocenters. The van der Waals surface area contributed by atoms with Crippen LogP contribution < -0.4 is 10.5 Å². The highest BCUT2D eigenvalue weighted by atomic mass is 32.2. The Morgan fingerprint density at radius 1 is 1.29 bits per heavy atom. The van der Waals surface area contributed by atoms with Gasteiger partial charge in [0.05, 0.1) is 11.4 Å². The Bertz CT molecular complexity index is 756. The smallest absolute Gasteiger partial charge is 0.123 e. The minimum Gasteiger partial charge on any atom is -0.384 e. The molecule has 0 fully saturated rings. The minimum atomic E-state index is -2.57. The quantitative estimate of drug-likeness (QED) is 0.840. The van der Waals surface area contributed by atoms with Crippen molar-refractivity contribution in [1.82, 2.24) is 14.3 Å². The highest BCUT2D eigenvalue weighted by molar-refractivity contribution is 7.99. The zero-order chi connectivity index (χ0) is 15.6. The van der Waals surface area contributed by atoms with E-state index in [1.165, 1.54) is 0 Å². The van der Waals surface area contributed by atoms with E-state index in [4.69, 9.17) is 5.73 Å². The standard InChI is InChI=1S/C14H19N5OS/c1-10-13(18-21(4,20)19(2)3)7-12(9-17-10)11-5-6-16-14(15)8-11/h5-9H,4H2,1-3H3,(H2,15,16)(H,18,20). The van der Waals surface area contributed by atoms with Gasteiger partial charge in [0.15, 0.2) is 0 Å². The number of hydrogen-bond donors (Lipinski definition) is 2.